The number of nitrogens with zero attached hydrogens (tertiary/aromatic N) is 5. The normalized spacial score (nSPS) is 28.1. The van der Waals surface area contributed by atoms with Gasteiger partial charge in [0.1, 0.15) is 23.3 Å². The van der Waals surface area contributed by atoms with Crippen molar-refractivity contribution in [2.45, 2.75) is 138 Å². The molecule has 2 spiro atoms. The lowest BCUT2D eigenvalue weighted by molar-refractivity contribution is -0.239. The number of amides is 4. The summed E-state index contributed by atoms with van der Waals surface area (Å²) in [6.07, 6.45) is 9.41. The minimum Gasteiger partial charge on any atom is -0.355 e. The van der Waals surface area contributed by atoms with Crippen molar-refractivity contribution in [3.05, 3.63) is 333 Å². The third-order valence-electron chi connectivity index (χ3n) is 27.1. The van der Waals surface area contributed by atoms with Gasteiger partial charge in [-0.2, -0.15) is 0 Å². The molecule has 0 radical (unpaired) electrons. The zero-order valence-electron chi connectivity index (χ0n) is 67.4. The molecular formula is C98H99ClF4N6O10. The Hall–Kier alpha value is -10.7. The molecule has 8 aromatic rings. The van der Waals surface area contributed by atoms with Gasteiger partial charge in [0.05, 0.1) is 61.2 Å². The lowest BCUT2D eigenvalue weighted by atomic mass is 9.54. The zero-order valence-corrected chi connectivity index (χ0v) is 68.2. The number of Topliss-reactive ketones (excluding diaryl/α,β-unsaturated/α-hetero) is 2. The summed E-state index contributed by atoms with van der Waals surface area (Å²) in [7, 11) is 0. The molecule has 12 atom stereocenters. The number of hydrogen-bond donors (Lipinski definition) is 1. The quantitative estimate of drug-likeness (QED) is 0.0747. The van der Waals surface area contributed by atoms with Crippen molar-refractivity contribution in [1.82, 2.24) is 20.0 Å². The second-order valence-corrected chi connectivity index (χ2v) is 33.3. The number of carbonyl (C=O) groups excluding carboxylic acids is 6. The van der Waals surface area contributed by atoms with E-state index in [1.165, 1.54) is 48.5 Å². The molecule has 8 fully saturated rings. The van der Waals surface area contributed by atoms with E-state index >= 15 is 0 Å². The predicted octanol–water partition coefficient (Wildman–Crippen LogP) is 17.4. The molecule has 6 aliphatic heterocycles. The average Bonchev–Trinajstić information content (AvgIpc) is 1.68. The third kappa shape index (κ3) is 16.3. The van der Waals surface area contributed by atoms with Crippen molar-refractivity contribution in [3.8, 4) is 0 Å². The fraction of sp³-hybridized carbons (Fsp3) is 0.388. The second-order valence-electron chi connectivity index (χ2n) is 33.0. The zero-order chi connectivity index (χ0) is 83.9. The summed E-state index contributed by atoms with van der Waals surface area (Å²) in [4.78, 5) is 92.4. The van der Waals surface area contributed by atoms with Crippen LogP contribution in [0, 0.1) is 83.8 Å². The molecule has 616 valence electrons. The van der Waals surface area contributed by atoms with Crippen molar-refractivity contribution in [2.75, 3.05) is 52.6 Å². The summed E-state index contributed by atoms with van der Waals surface area (Å²) < 4.78 is 76.3. The number of rotatable bonds is 11. The standard InChI is InChI=1S/C25H28FNO3.2C24H21FN2O2.C18H23NO3.C7H6ClF/c1-18-22-11-14-27(17-19-7-9-21(26)10-8-19)23(28)24(22,20-5-3-2-4-6-20)12-13-25(18)29-15-16-30-25;2*1-16-20-12-13-27(15-17-8-10-19(25)11-9-17)23(29)24(20,14-21(26-2)22(16)28)18-6-4-3-5-7-18;1-13-15-7-10-19-16(20)17(15,14-5-3-2-4-6-14)8-9-18(13)21-11-12-22-18;8-5-6-1-3-7(9)4-2-6/h2-10,18,22H,11-17H2,1H3;2*3-11,14,16,20H,12-13,15H2,1H3;2-6,13,15H,7-12H2,1H3,(H,19,20);1-4H,5H2/t18-,22-,24+;2*16-,20-,24+;13-,15-,17+;/m0100./s1. The van der Waals surface area contributed by atoms with Crippen LogP contribution in [0.25, 0.3) is 9.69 Å². The lowest BCUT2D eigenvalue weighted by Crippen LogP contribution is -2.64. The van der Waals surface area contributed by atoms with Gasteiger partial charge in [-0.25, -0.2) is 27.3 Å². The SMILES string of the molecule is C[C@H]1[C@@H]2CCN(Cc3ccc(F)cc3)C(=O)[C@@]2(c2ccccc2)CCC12OCCO2.C[C@H]1[C@@H]2CCNC(=O)[C@@]2(c2ccccc2)CCC12OCCO2.Fc1ccc(CCl)cc1.[C-]#[N+]C1=C[C@@]2(c3ccccc3)C(=O)N(Cc3ccc(F)cc3)CC[C@@H]2[C@@H](C)C1=O.[C-]#[N+]C1=C[C@]2(c3ccccc3)C(=O)N(Cc3ccc(F)cc3)CC[C@H]2[C@H](C)C1=O. The number of allylic oxidation sites excluding steroid dienone is 2. The van der Waals surface area contributed by atoms with E-state index in [4.69, 9.17) is 43.7 Å². The maximum absolute atomic E-state index is 14.1. The highest BCUT2D eigenvalue weighted by Crippen LogP contribution is 2.59. The van der Waals surface area contributed by atoms with E-state index in [9.17, 15) is 46.3 Å². The first kappa shape index (κ1) is 84.7. The minimum absolute atomic E-state index is 0.0367. The molecule has 18 rings (SSSR count). The van der Waals surface area contributed by atoms with Crippen LogP contribution in [-0.2, 0) is 94.9 Å². The summed E-state index contributed by atoms with van der Waals surface area (Å²) >= 11 is 5.46. The first-order chi connectivity index (χ1) is 57.5. The van der Waals surface area contributed by atoms with Gasteiger partial charge < -0.3 is 48.6 Å². The van der Waals surface area contributed by atoms with Crippen LogP contribution in [0.2, 0.25) is 0 Å². The summed E-state index contributed by atoms with van der Waals surface area (Å²) in [5.74, 6) is -2.35. The van der Waals surface area contributed by atoms with E-state index in [-0.39, 0.29) is 105 Å². The number of fused-ring (bicyclic) bond motifs is 4. The molecule has 2 saturated carbocycles. The van der Waals surface area contributed by atoms with Crippen LogP contribution in [-0.4, -0.2) is 114 Å². The van der Waals surface area contributed by atoms with Crippen LogP contribution in [0.15, 0.2) is 242 Å². The summed E-state index contributed by atoms with van der Waals surface area (Å²) in [6, 6.07) is 64.2. The number of benzene rings is 8. The molecule has 4 amide bonds. The van der Waals surface area contributed by atoms with E-state index in [1.54, 1.807) is 70.5 Å². The van der Waals surface area contributed by atoms with Crippen LogP contribution in [0.1, 0.15) is 124 Å². The van der Waals surface area contributed by atoms with E-state index in [0.717, 1.165) is 83.2 Å². The van der Waals surface area contributed by atoms with Crippen molar-refractivity contribution in [1.29, 1.82) is 0 Å². The molecule has 16 nitrogen and oxygen atoms in total. The largest absolute Gasteiger partial charge is 0.355 e. The average molecular weight is 1630 g/mol. The van der Waals surface area contributed by atoms with E-state index in [0.29, 0.717) is 90.8 Å². The van der Waals surface area contributed by atoms with Gasteiger partial charge in [-0.15, -0.1) is 11.6 Å². The van der Waals surface area contributed by atoms with Gasteiger partial charge in [0.2, 0.25) is 35.0 Å². The minimum atomic E-state index is -1.03. The molecule has 4 aliphatic carbocycles. The van der Waals surface area contributed by atoms with Crippen molar-refractivity contribution in [3.63, 3.8) is 0 Å². The highest BCUT2D eigenvalue weighted by Gasteiger charge is 2.65. The van der Waals surface area contributed by atoms with Gasteiger partial charge in [0, 0.05) is 88.2 Å². The number of nitrogens with one attached hydrogen (secondary N) is 1. The Morgan fingerprint density at radius 1 is 0.395 bits per heavy atom. The monoisotopic (exact) mass is 1630 g/mol. The number of carbonyl (C=O) groups is 6. The number of hydrogen-bond acceptors (Lipinski definition) is 10. The molecule has 8 aromatic carbocycles. The summed E-state index contributed by atoms with van der Waals surface area (Å²) in [5.41, 5.74) is 4.42. The number of ether oxygens (including phenoxy) is 4. The number of alkyl halides is 1. The first-order valence-electron chi connectivity index (χ1n) is 41.3. The third-order valence-corrected chi connectivity index (χ3v) is 27.4. The van der Waals surface area contributed by atoms with E-state index in [1.807, 2.05) is 116 Å². The van der Waals surface area contributed by atoms with Crippen molar-refractivity contribution < 1.29 is 65.3 Å². The predicted molar refractivity (Wildman–Crippen MR) is 443 cm³/mol. The summed E-state index contributed by atoms with van der Waals surface area (Å²) in [5, 5.41) is 3.10. The number of likely N-dealkylation sites (tertiary alicyclic amines) is 3. The molecular weight excluding hydrogens is 1530 g/mol. The fourth-order valence-corrected chi connectivity index (χ4v) is 21.2. The van der Waals surface area contributed by atoms with E-state index in [2.05, 4.69) is 53.1 Å². The highest BCUT2D eigenvalue weighted by atomic mass is 35.5. The second kappa shape index (κ2) is 36.1. The van der Waals surface area contributed by atoms with Crippen LogP contribution in [0.4, 0.5) is 17.6 Å². The molecule has 0 unspecified atom stereocenters. The van der Waals surface area contributed by atoms with Crippen LogP contribution in [0.5, 0.6) is 0 Å². The smallest absolute Gasteiger partial charge is 0.236 e. The topological polar surface area (TPSA) is 170 Å². The fourth-order valence-electron chi connectivity index (χ4n) is 21.0. The summed E-state index contributed by atoms with van der Waals surface area (Å²) in [6.45, 7) is 29.3. The van der Waals surface area contributed by atoms with Gasteiger partial charge >= 0.3 is 0 Å². The van der Waals surface area contributed by atoms with E-state index < -0.39 is 45.1 Å². The molecule has 6 heterocycles. The number of ketones is 2. The highest BCUT2D eigenvalue weighted by molar-refractivity contribution is 6.17. The van der Waals surface area contributed by atoms with Crippen LogP contribution in [0.3, 0.4) is 0 Å². The Kier molecular flexibility index (Phi) is 25.7. The molecule has 1 N–H and O–H groups in total. The number of piperidine rings is 4. The molecule has 6 saturated heterocycles. The Labute approximate surface area is 698 Å². The first-order valence-corrected chi connectivity index (χ1v) is 41.8. The van der Waals surface area contributed by atoms with Gasteiger partial charge in [0.15, 0.2) is 23.1 Å². The van der Waals surface area contributed by atoms with Gasteiger partial charge in [0.25, 0.3) is 0 Å². The maximum atomic E-state index is 14.1. The Morgan fingerprint density at radius 2 is 0.706 bits per heavy atom. The molecule has 119 heavy (non-hydrogen) atoms. The molecule has 0 bridgehead atoms. The number of halogens is 5. The van der Waals surface area contributed by atoms with Gasteiger partial charge in [-0.1, -0.05) is 210 Å². The van der Waals surface area contributed by atoms with Crippen molar-refractivity contribution >= 4 is 46.8 Å². The van der Waals surface area contributed by atoms with Gasteiger partial charge in [-0.05, 0) is 155 Å². The van der Waals surface area contributed by atoms with Crippen LogP contribution < -0.4 is 5.32 Å². The molecule has 10 aliphatic rings. The molecule has 21 heteroatoms. The Bertz CT molecular complexity index is 4950. The molecule has 0 aromatic heterocycles. The Morgan fingerprint density at radius 3 is 1.06 bits per heavy atom. The van der Waals surface area contributed by atoms with Gasteiger partial charge in [-0.3, -0.25) is 19.2 Å². The maximum Gasteiger partial charge on any atom is 0.236 e. The van der Waals surface area contributed by atoms with Crippen molar-refractivity contribution in [2.24, 2.45) is 47.3 Å². The lowest BCUT2D eigenvalue weighted by Gasteiger charge is -2.56. The Balaban J connectivity index is 0.000000126. The van der Waals surface area contributed by atoms with Crippen LogP contribution >= 0.6 is 11.6 Å².